The first kappa shape index (κ1) is 18.0. The fraction of sp³-hybridized carbons (Fsp3) is 0.824. The Morgan fingerprint density at radius 3 is 2.44 bits per heavy atom. The van der Waals surface area contributed by atoms with Crippen molar-refractivity contribution in [1.29, 1.82) is 0 Å². The number of carbonyl (C=O) groups excluding carboxylic acids is 3. The van der Waals surface area contributed by atoms with Gasteiger partial charge in [0.2, 0.25) is 0 Å². The molecule has 4 amide bonds. The van der Waals surface area contributed by atoms with Crippen molar-refractivity contribution in [3.05, 3.63) is 0 Å². The normalized spacial score (nSPS) is 30.7. The minimum atomic E-state index is -0.684. The average molecular weight is 352 g/mol. The maximum Gasteiger partial charge on any atom is 0.409 e. The van der Waals surface area contributed by atoms with Crippen LogP contribution in [-0.4, -0.2) is 77.7 Å². The third-order valence-corrected chi connectivity index (χ3v) is 5.61. The molecule has 0 aromatic rings. The molecule has 25 heavy (non-hydrogen) atoms. The molecule has 1 spiro atoms. The lowest BCUT2D eigenvalue weighted by atomic mass is 9.77. The van der Waals surface area contributed by atoms with Crippen molar-refractivity contribution in [2.45, 2.75) is 45.1 Å². The van der Waals surface area contributed by atoms with E-state index in [1.54, 1.807) is 11.8 Å². The third kappa shape index (κ3) is 3.58. The molecule has 2 saturated heterocycles. The number of nitrogens with zero attached hydrogens (tertiary/aromatic N) is 3. The highest BCUT2D eigenvalue weighted by molar-refractivity contribution is 6.07. The molecule has 0 bridgehead atoms. The molecule has 1 saturated carbocycles. The number of amides is 4. The van der Waals surface area contributed by atoms with Gasteiger partial charge < -0.3 is 15.0 Å². The fourth-order valence-corrected chi connectivity index (χ4v) is 3.89. The fourth-order valence-electron chi connectivity index (χ4n) is 3.89. The van der Waals surface area contributed by atoms with E-state index in [0.717, 1.165) is 25.7 Å². The summed E-state index contributed by atoms with van der Waals surface area (Å²) < 4.78 is 5.01. The highest BCUT2D eigenvalue weighted by atomic mass is 16.6. The molecule has 0 radical (unpaired) electrons. The first-order chi connectivity index (χ1) is 11.9. The number of nitrogens with one attached hydrogen (secondary N) is 1. The van der Waals surface area contributed by atoms with Crippen molar-refractivity contribution in [3.8, 4) is 0 Å². The van der Waals surface area contributed by atoms with Gasteiger partial charge in [0, 0.05) is 26.2 Å². The highest BCUT2D eigenvalue weighted by Crippen LogP contribution is 2.36. The highest BCUT2D eigenvalue weighted by Gasteiger charge is 2.52. The average Bonchev–Trinajstić information content (AvgIpc) is 2.83. The van der Waals surface area contributed by atoms with Crippen molar-refractivity contribution in [1.82, 2.24) is 20.0 Å². The second kappa shape index (κ2) is 7.19. The summed E-state index contributed by atoms with van der Waals surface area (Å²) in [6.45, 7) is 6.97. The Morgan fingerprint density at radius 1 is 1.20 bits per heavy atom. The maximum atomic E-state index is 12.9. The van der Waals surface area contributed by atoms with Gasteiger partial charge in [-0.3, -0.25) is 9.69 Å². The zero-order valence-corrected chi connectivity index (χ0v) is 15.1. The molecule has 8 heteroatoms. The molecule has 0 aromatic heterocycles. The van der Waals surface area contributed by atoms with Gasteiger partial charge in [0.25, 0.3) is 5.91 Å². The van der Waals surface area contributed by atoms with Crippen LogP contribution in [0.4, 0.5) is 9.59 Å². The number of hydrogen-bond acceptors (Lipinski definition) is 5. The van der Waals surface area contributed by atoms with Crippen LogP contribution in [0.2, 0.25) is 0 Å². The number of carbonyl (C=O) groups is 3. The van der Waals surface area contributed by atoms with Gasteiger partial charge in [0.1, 0.15) is 5.54 Å². The van der Waals surface area contributed by atoms with Crippen molar-refractivity contribution in [3.63, 3.8) is 0 Å². The first-order valence-corrected chi connectivity index (χ1v) is 9.23. The lowest BCUT2D eigenvalue weighted by Gasteiger charge is -2.36. The number of piperazine rings is 1. The summed E-state index contributed by atoms with van der Waals surface area (Å²) in [7, 11) is 0. The Bertz CT molecular complexity index is 537. The Kier molecular flexibility index (Phi) is 5.17. The van der Waals surface area contributed by atoms with E-state index in [2.05, 4.69) is 12.2 Å². The third-order valence-electron chi connectivity index (χ3n) is 5.61. The van der Waals surface area contributed by atoms with Gasteiger partial charge in [0.15, 0.2) is 0 Å². The molecule has 140 valence electrons. The van der Waals surface area contributed by atoms with Crippen LogP contribution >= 0.6 is 0 Å². The van der Waals surface area contributed by atoms with Crippen LogP contribution in [-0.2, 0) is 9.53 Å². The number of rotatable bonds is 3. The zero-order chi connectivity index (χ0) is 18.0. The number of ether oxygens (including phenoxy) is 1. The monoisotopic (exact) mass is 352 g/mol. The molecule has 1 aliphatic carbocycles. The summed E-state index contributed by atoms with van der Waals surface area (Å²) in [4.78, 5) is 42.0. The van der Waals surface area contributed by atoms with Gasteiger partial charge in [-0.15, -0.1) is 0 Å². The number of urea groups is 1. The predicted octanol–water partition coefficient (Wildman–Crippen LogP) is 1.22. The molecule has 3 fully saturated rings. The van der Waals surface area contributed by atoms with Crippen LogP contribution in [0.3, 0.4) is 0 Å². The molecule has 0 unspecified atom stereocenters. The van der Waals surface area contributed by atoms with Crippen molar-refractivity contribution in [2.24, 2.45) is 5.92 Å². The standard InChI is InChI=1S/C17H28N4O4/c1-3-25-16(24)20-10-8-19(9-11-20)12-21-14(22)17(18-15(21)23)6-4-13(2)5-7-17/h13H,3-12H2,1-2H3,(H,18,23). The van der Waals surface area contributed by atoms with Gasteiger partial charge in [0.05, 0.1) is 13.3 Å². The van der Waals surface area contributed by atoms with Gasteiger partial charge in [-0.25, -0.2) is 14.5 Å². The Balaban J connectivity index is 1.54. The van der Waals surface area contributed by atoms with Gasteiger partial charge in [-0.05, 0) is 38.5 Å². The summed E-state index contributed by atoms with van der Waals surface area (Å²) in [5.41, 5.74) is -0.684. The zero-order valence-electron chi connectivity index (χ0n) is 15.1. The predicted molar refractivity (Wildman–Crippen MR) is 90.8 cm³/mol. The molecule has 0 aromatic carbocycles. The molecule has 2 heterocycles. The molecule has 3 rings (SSSR count). The second-order valence-electron chi connectivity index (χ2n) is 7.37. The van der Waals surface area contributed by atoms with E-state index in [0.29, 0.717) is 45.4 Å². The SMILES string of the molecule is CCOC(=O)N1CCN(CN2C(=O)NC3(CCC(C)CC3)C2=O)CC1. The van der Waals surface area contributed by atoms with Crippen molar-refractivity contribution < 1.29 is 19.1 Å². The lowest BCUT2D eigenvalue weighted by molar-refractivity contribution is -0.134. The Hall–Kier alpha value is -1.83. The van der Waals surface area contributed by atoms with E-state index in [4.69, 9.17) is 4.74 Å². The first-order valence-electron chi connectivity index (χ1n) is 9.23. The molecule has 0 atom stereocenters. The van der Waals surface area contributed by atoms with Crippen molar-refractivity contribution in [2.75, 3.05) is 39.5 Å². The summed E-state index contributed by atoms with van der Waals surface area (Å²) in [5, 5.41) is 2.95. The Labute approximate surface area is 148 Å². The minimum Gasteiger partial charge on any atom is -0.450 e. The quantitative estimate of drug-likeness (QED) is 0.772. The molecular weight excluding hydrogens is 324 g/mol. The van der Waals surface area contributed by atoms with E-state index >= 15 is 0 Å². The lowest BCUT2D eigenvalue weighted by Crippen LogP contribution is -2.53. The molecule has 2 aliphatic heterocycles. The molecule has 1 N–H and O–H groups in total. The molecule has 3 aliphatic rings. The van der Waals surface area contributed by atoms with E-state index in [-0.39, 0.29) is 18.0 Å². The topological polar surface area (TPSA) is 82.2 Å². The van der Waals surface area contributed by atoms with Crippen LogP contribution in [0.1, 0.15) is 39.5 Å². The molecular formula is C17H28N4O4. The van der Waals surface area contributed by atoms with Crippen LogP contribution in [0.5, 0.6) is 0 Å². The largest absolute Gasteiger partial charge is 0.450 e. The van der Waals surface area contributed by atoms with E-state index in [1.165, 1.54) is 4.90 Å². The molecule has 8 nitrogen and oxygen atoms in total. The number of hydrogen-bond donors (Lipinski definition) is 1. The van der Waals surface area contributed by atoms with Crippen LogP contribution in [0, 0.1) is 5.92 Å². The van der Waals surface area contributed by atoms with Crippen LogP contribution in [0.25, 0.3) is 0 Å². The van der Waals surface area contributed by atoms with Crippen LogP contribution in [0.15, 0.2) is 0 Å². The maximum absolute atomic E-state index is 12.9. The summed E-state index contributed by atoms with van der Waals surface area (Å²) in [6.07, 6.45) is 3.10. The summed E-state index contributed by atoms with van der Waals surface area (Å²) in [6, 6.07) is -0.285. The summed E-state index contributed by atoms with van der Waals surface area (Å²) in [5.74, 6) is 0.526. The number of imide groups is 1. The van der Waals surface area contributed by atoms with E-state index in [9.17, 15) is 14.4 Å². The Morgan fingerprint density at radius 2 is 1.84 bits per heavy atom. The van der Waals surface area contributed by atoms with Gasteiger partial charge in [-0.2, -0.15) is 0 Å². The van der Waals surface area contributed by atoms with E-state index < -0.39 is 5.54 Å². The van der Waals surface area contributed by atoms with Gasteiger partial charge >= 0.3 is 12.1 Å². The second-order valence-corrected chi connectivity index (χ2v) is 7.37. The van der Waals surface area contributed by atoms with Crippen LogP contribution < -0.4 is 5.32 Å². The summed E-state index contributed by atoms with van der Waals surface area (Å²) >= 11 is 0. The van der Waals surface area contributed by atoms with Gasteiger partial charge in [-0.1, -0.05) is 6.92 Å². The smallest absolute Gasteiger partial charge is 0.409 e. The van der Waals surface area contributed by atoms with E-state index in [1.807, 2.05) is 4.90 Å². The van der Waals surface area contributed by atoms with Crippen molar-refractivity contribution >= 4 is 18.0 Å². The minimum absolute atomic E-state index is 0.0859.